The minimum Gasteiger partial charge on any atom is -0.444 e. The molecule has 1 aromatic carbocycles. The SMILES string of the molecule is Cc1nc(CO)sc1-c1csc(CC(=O)C2Oc3ccc(Cl)cc3O2)n1. The second-order valence-corrected chi connectivity index (χ2v) is 8.07. The van der Waals surface area contributed by atoms with Crippen LogP contribution in [0, 0.1) is 6.92 Å². The number of rotatable bonds is 5. The van der Waals surface area contributed by atoms with E-state index in [2.05, 4.69) is 9.97 Å². The molecule has 9 heteroatoms. The van der Waals surface area contributed by atoms with Crippen molar-refractivity contribution in [2.75, 3.05) is 0 Å². The van der Waals surface area contributed by atoms with Crippen LogP contribution >= 0.6 is 34.3 Å². The van der Waals surface area contributed by atoms with Gasteiger partial charge in [0.05, 0.1) is 29.3 Å². The predicted molar refractivity (Wildman–Crippen MR) is 99.1 cm³/mol. The number of ketones is 1. The summed E-state index contributed by atoms with van der Waals surface area (Å²) in [5.74, 6) is 0.757. The van der Waals surface area contributed by atoms with Crippen molar-refractivity contribution < 1.29 is 19.4 Å². The molecule has 1 unspecified atom stereocenters. The smallest absolute Gasteiger partial charge is 0.301 e. The number of carbonyl (C=O) groups excluding carboxylic acids is 1. The molecule has 0 radical (unpaired) electrons. The number of halogens is 1. The average Bonchev–Trinajstić information content (AvgIpc) is 3.32. The van der Waals surface area contributed by atoms with E-state index in [9.17, 15) is 9.90 Å². The summed E-state index contributed by atoms with van der Waals surface area (Å²) in [6.07, 6.45) is -0.871. The van der Waals surface area contributed by atoms with Crippen molar-refractivity contribution in [3.63, 3.8) is 0 Å². The first kappa shape index (κ1) is 17.4. The summed E-state index contributed by atoms with van der Waals surface area (Å²) in [6, 6.07) is 4.98. The number of aliphatic hydroxyl groups excluding tert-OH is 1. The molecule has 0 spiro atoms. The normalized spacial score (nSPS) is 15.4. The first-order valence-corrected chi connectivity index (χ1v) is 9.78. The highest BCUT2D eigenvalue weighted by Gasteiger charge is 2.31. The van der Waals surface area contributed by atoms with E-state index in [1.807, 2.05) is 12.3 Å². The molecule has 0 bridgehead atoms. The fourth-order valence-corrected chi connectivity index (χ4v) is 4.46. The van der Waals surface area contributed by atoms with Crippen LogP contribution in [-0.2, 0) is 17.8 Å². The van der Waals surface area contributed by atoms with Crippen LogP contribution in [0.3, 0.4) is 0 Å². The summed E-state index contributed by atoms with van der Waals surface area (Å²) in [5.41, 5.74) is 1.58. The van der Waals surface area contributed by atoms with Crippen LogP contribution in [0.5, 0.6) is 11.5 Å². The molecule has 0 saturated heterocycles. The lowest BCUT2D eigenvalue weighted by Gasteiger charge is -2.07. The van der Waals surface area contributed by atoms with Crippen molar-refractivity contribution in [2.45, 2.75) is 26.2 Å². The van der Waals surface area contributed by atoms with Gasteiger partial charge in [0, 0.05) is 16.5 Å². The van der Waals surface area contributed by atoms with Crippen molar-refractivity contribution in [2.24, 2.45) is 0 Å². The number of ether oxygens (including phenoxy) is 2. The fraction of sp³-hybridized carbons (Fsp3) is 0.235. The first-order chi connectivity index (χ1) is 12.5. The number of aliphatic hydroxyl groups is 1. The van der Waals surface area contributed by atoms with E-state index in [1.165, 1.54) is 22.7 Å². The molecule has 2 aromatic heterocycles. The third-order valence-corrected chi connectivity index (χ3v) is 5.97. The van der Waals surface area contributed by atoms with Crippen molar-refractivity contribution in [3.05, 3.63) is 44.3 Å². The third-order valence-electron chi connectivity index (χ3n) is 3.72. The number of nitrogens with zero attached hydrogens (tertiary/aromatic N) is 2. The van der Waals surface area contributed by atoms with Crippen LogP contribution in [0.4, 0.5) is 0 Å². The molecule has 6 nitrogen and oxygen atoms in total. The highest BCUT2D eigenvalue weighted by Crippen LogP contribution is 2.37. The van der Waals surface area contributed by atoms with E-state index >= 15 is 0 Å². The second-order valence-electron chi connectivity index (χ2n) is 5.61. The van der Waals surface area contributed by atoms with Gasteiger partial charge in [0.1, 0.15) is 10.0 Å². The molecule has 134 valence electrons. The molecule has 1 atom stereocenters. The van der Waals surface area contributed by atoms with Gasteiger partial charge in [-0.25, -0.2) is 9.97 Å². The molecule has 1 aliphatic heterocycles. The Hall–Kier alpha value is -2.00. The Labute approximate surface area is 162 Å². The van der Waals surface area contributed by atoms with Crippen LogP contribution in [0.25, 0.3) is 10.6 Å². The standard InChI is InChI=1S/C17H13ClN2O4S2/c1-8-16(26-15(6-21)19-8)10-7-25-14(20-10)5-11(22)17-23-12-3-2-9(18)4-13(12)24-17/h2-4,7,17,21H,5-6H2,1H3. The quantitative estimate of drug-likeness (QED) is 0.694. The Balaban J connectivity index is 1.46. The number of Topliss-reactive ketones (excluding diaryl/α,β-unsaturated/α-hetero) is 1. The molecule has 3 aromatic rings. The zero-order valence-electron chi connectivity index (χ0n) is 13.6. The highest BCUT2D eigenvalue weighted by atomic mass is 35.5. The fourth-order valence-electron chi connectivity index (χ4n) is 2.54. The van der Waals surface area contributed by atoms with Crippen LogP contribution in [0.15, 0.2) is 23.6 Å². The van der Waals surface area contributed by atoms with E-state index in [1.54, 1.807) is 18.2 Å². The average molecular weight is 409 g/mol. The minimum absolute atomic E-state index is 0.0953. The summed E-state index contributed by atoms with van der Waals surface area (Å²) in [4.78, 5) is 22.2. The predicted octanol–water partition coefficient (Wildman–Crippen LogP) is 3.63. The van der Waals surface area contributed by atoms with Crippen molar-refractivity contribution in [1.29, 1.82) is 0 Å². The van der Waals surface area contributed by atoms with E-state index in [0.717, 1.165) is 16.3 Å². The van der Waals surface area contributed by atoms with Crippen LogP contribution in [0.1, 0.15) is 15.7 Å². The maximum Gasteiger partial charge on any atom is 0.301 e. The Morgan fingerprint density at radius 3 is 2.85 bits per heavy atom. The summed E-state index contributed by atoms with van der Waals surface area (Å²) >= 11 is 8.71. The maximum absolute atomic E-state index is 12.5. The number of benzene rings is 1. The molecule has 1 N–H and O–H groups in total. The molecular weight excluding hydrogens is 396 g/mol. The van der Waals surface area contributed by atoms with Gasteiger partial charge >= 0.3 is 6.29 Å². The second kappa shape index (κ2) is 6.96. The van der Waals surface area contributed by atoms with Gasteiger partial charge < -0.3 is 14.6 Å². The van der Waals surface area contributed by atoms with Gasteiger partial charge in [-0.15, -0.1) is 22.7 Å². The van der Waals surface area contributed by atoms with Gasteiger partial charge in [0.25, 0.3) is 0 Å². The van der Waals surface area contributed by atoms with E-state index < -0.39 is 6.29 Å². The monoisotopic (exact) mass is 408 g/mol. The zero-order chi connectivity index (χ0) is 18.3. The molecule has 0 aliphatic carbocycles. The molecule has 3 heterocycles. The number of aromatic nitrogens is 2. The number of hydrogen-bond acceptors (Lipinski definition) is 8. The van der Waals surface area contributed by atoms with Gasteiger partial charge in [-0.2, -0.15) is 0 Å². The molecule has 0 amide bonds. The van der Waals surface area contributed by atoms with E-state index in [-0.39, 0.29) is 18.8 Å². The lowest BCUT2D eigenvalue weighted by Crippen LogP contribution is -2.30. The van der Waals surface area contributed by atoms with Gasteiger partial charge in [-0.3, -0.25) is 4.79 Å². The Bertz CT molecular complexity index is 985. The lowest BCUT2D eigenvalue weighted by molar-refractivity contribution is -0.133. The molecular formula is C17H13ClN2O4S2. The van der Waals surface area contributed by atoms with Crippen LogP contribution in [0.2, 0.25) is 5.02 Å². The highest BCUT2D eigenvalue weighted by molar-refractivity contribution is 7.16. The first-order valence-electron chi connectivity index (χ1n) is 7.71. The summed E-state index contributed by atoms with van der Waals surface area (Å²) in [5, 5.41) is 12.9. The van der Waals surface area contributed by atoms with Crippen LogP contribution < -0.4 is 9.47 Å². The maximum atomic E-state index is 12.5. The number of carbonyl (C=O) groups is 1. The summed E-state index contributed by atoms with van der Waals surface area (Å²) in [6.45, 7) is 1.78. The minimum atomic E-state index is -0.984. The van der Waals surface area contributed by atoms with Crippen LogP contribution in [-0.4, -0.2) is 27.1 Å². The van der Waals surface area contributed by atoms with Crippen molar-refractivity contribution in [1.82, 2.24) is 9.97 Å². The summed E-state index contributed by atoms with van der Waals surface area (Å²) < 4.78 is 11.1. The molecule has 1 aliphatic rings. The molecule has 0 fully saturated rings. The number of aryl methyl sites for hydroxylation is 1. The molecule has 0 saturated carbocycles. The van der Waals surface area contributed by atoms with E-state index in [0.29, 0.717) is 26.5 Å². The van der Waals surface area contributed by atoms with Crippen molar-refractivity contribution in [3.8, 4) is 22.1 Å². The third kappa shape index (κ3) is 3.33. The number of thiazole rings is 2. The zero-order valence-corrected chi connectivity index (χ0v) is 16.0. The largest absolute Gasteiger partial charge is 0.444 e. The Kier molecular flexibility index (Phi) is 4.66. The number of fused-ring (bicyclic) bond motifs is 1. The van der Waals surface area contributed by atoms with Gasteiger partial charge in [0.15, 0.2) is 11.5 Å². The lowest BCUT2D eigenvalue weighted by atomic mass is 10.3. The molecule has 4 rings (SSSR count). The van der Waals surface area contributed by atoms with Gasteiger partial charge in [-0.05, 0) is 19.1 Å². The van der Waals surface area contributed by atoms with Crippen molar-refractivity contribution >= 4 is 40.1 Å². The van der Waals surface area contributed by atoms with E-state index in [4.69, 9.17) is 21.1 Å². The number of hydrogen-bond donors (Lipinski definition) is 1. The van der Waals surface area contributed by atoms with Gasteiger partial charge in [-0.1, -0.05) is 11.6 Å². The van der Waals surface area contributed by atoms with Gasteiger partial charge in [0.2, 0.25) is 5.78 Å². The topological polar surface area (TPSA) is 81.5 Å². The molecule has 26 heavy (non-hydrogen) atoms. The summed E-state index contributed by atoms with van der Waals surface area (Å²) in [7, 11) is 0. The Morgan fingerprint density at radius 2 is 2.08 bits per heavy atom. The Morgan fingerprint density at radius 1 is 1.27 bits per heavy atom.